The Balaban J connectivity index is 3.16. The maximum Gasteiger partial charge on any atom is -0.00232 e. The first-order valence-corrected chi connectivity index (χ1v) is 4.37. The molecule has 0 bridgehead atoms. The molecule has 62 valence electrons. The molecule has 1 atom stereocenters. The highest BCUT2D eigenvalue weighted by Crippen LogP contribution is 2.08. The van der Waals surface area contributed by atoms with Gasteiger partial charge in [0.15, 0.2) is 0 Å². The Morgan fingerprint density at radius 2 is 1.80 bits per heavy atom. The molecular weight excluding hydrogens is 122 g/mol. The molecule has 0 amide bonds. The van der Waals surface area contributed by atoms with E-state index in [9.17, 15) is 0 Å². The topological polar surface area (TPSA) is 12.0 Å². The molecule has 0 saturated carbocycles. The van der Waals surface area contributed by atoms with Crippen LogP contribution in [0.2, 0.25) is 0 Å². The standard InChI is InChI=1S/C9H21N/c1-5-10-7-9(4)6-8(2)3/h8-10H,5-7H2,1-4H3/t9-/m0/s1. The second-order valence-electron chi connectivity index (χ2n) is 3.54. The highest BCUT2D eigenvalue weighted by Gasteiger charge is 2.02. The van der Waals surface area contributed by atoms with E-state index in [0.717, 1.165) is 18.4 Å². The zero-order valence-corrected chi connectivity index (χ0v) is 7.78. The van der Waals surface area contributed by atoms with Crippen LogP contribution in [0.1, 0.15) is 34.1 Å². The Kier molecular flexibility index (Phi) is 5.70. The van der Waals surface area contributed by atoms with Gasteiger partial charge in [-0.3, -0.25) is 0 Å². The minimum Gasteiger partial charge on any atom is -0.317 e. The van der Waals surface area contributed by atoms with Crippen molar-refractivity contribution in [3.63, 3.8) is 0 Å². The first-order chi connectivity index (χ1) is 4.66. The molecule has 0 aromatic carbocycles. The smallest absolute Gasteiger partial charge is 0.00232 e. The van der Waals surface area contributed by atoms with Crippen molar-refractivity contribution in [1.82, 2.24) is 5.32 Å². The van der Waals surface area contributed by atoms with E-state index in [1.165, 1.54) is 13.0 Å². The van der Waals surface area contributed by atoms with Crippen LogP contribution in [0.25, 0.3) is 0 Å². The molecule has 1 nitrogen and oxygen atoms in total. The zero-order valence-electron chi connectivity index (χ0n) is 7.78. The summed E-state index contributed by atoms with van der Waals surface area (Å²) in [4.78, 5) is 0. The summed E-state index contributed by atoms with van der Waals surface area (Å²) in [5.41, 5.74) is 0. The highest BCUT2D eigenvalue weighted by atomic mass is 14.8. The Hall–Kier alpha value is -0.0400. The molecule has 0 fully saturated rings. The molecule has 1 N–H and O–H groups in total. The van der Waals surface area contributed by atoms with Gasteiger partial charge in [-0.1, -0.05) is 27.7 Å². The van der Waals surface area contributed by atoms with Crippen molar-refractivity contribution < 1.29 is 0 Å². The van der Waals surface area contributed by atoms with Gasteiger partial charge >= 0.3 is 0 Å². The quantitative estimate of drug-likeness (QED) is 0.622. The summed E-state index contributed by atoms with van der Waals surface area (Å²) in [6, 6.07) is 0. The normalized spacial score (nSPS) is 14.1. The Morgan fingerprint density at radius 1 is 1.20 bits per heavy atom. The molecule has 1 heteroatoms. The van der Waals surface area contributed by atoms with Crippen molar-refractivity contribution in [2.75, 3.05) is 13.1 Å². The first kappa shape index (κ1) is 9.96. The fraction of sp³-hybridized carbons (Fsp3) is 1.00. The van der Waals surface area contributed by atoms with Crippen molar-refractivity contribution in [3.8, 4) is 0 Å². The molecule has 0 heterocycles. The van der Waals surface area contributed by atoms with Gasteiger partial charge in [-0.25, -0.2) is 0 Å². The molecule has 0 spiro atoms. The number of rotatable bonds is 5. The average Bonchev–Trinajstić information content (AvgIpc) is 1.82. The number of hydrogen-bond donors (Lipinski definition) is 1. The second kappa shape index (κ2) is 5.72. The average molecular weight is 143 g/mol. The van der Waals surface area contributed by atoms with Gasteiger partial charge in [0.1, 0.15) is 0 Å². The van der Waals surface area contributed by atoms with Gasteiger partial charge in [0.05, 0.1) is 0 Å². The van der Waals surface area contributed by atoms with E-state index in [0.29, 0.717) is 0 Å². The van der Waals surface area contributed by atoms with Crippen LogP contribution in [0.5, 0.6) is 0 Å². The fourth-order valence-electron chi connectivity index (χ4n) is 1.28. The van der Waals surface area contributed by atoms with Gasteiger partial charge in [0.25, 0.3) is 0 Å². The number of nitrogens with one attached hydrogen (secondary N) is 1. The lowest BCUT2D eigenvalue weighted by atomic mass is 9.99. The highest BCUT2D eigenvalue weighted by molar-refractivity contribution is 4.57. The SMILES string of the molecule is CCNC[C@@H](C)CC(C)C. The van der Waals surface area contributed by atoms with E-state index in [4.69, 9.17) is 0 Å². The van der Waals surface area contributed by atoms with Gasteiger partial charge in [-0.05, 0) is 31.3 Å². The molecule has 0 aliphatic rings. The molecule has 0 aromatic rings. The van der Waals surface area contributed by atoms with Crippen molar-refractivity contribution in [2.24, 2.45) is 11.8 Å². The minimum atomic E-state index is 0.833. The van der Waals surface area contributed by atoms with Gasteiger partial charge < -0.3 is 5.32 Å². The van der Waals surface area contributed by atoms with E-state index in [2.05, 4.69) is 33.0 Å². The van der Waals surface area contributed by atoms with Gasteiger partial charge in [-0.15, -0.1) is 0 Å². The van der Waals surface area contributed by atoms with Crippen LogP contribution in [0.4, 0.5) is 0 Å². The third-order valence-corrected chi connectivity index (χ3v) is 1.62. The lowest BCUT2D eigenvalue weighted by molar-refractivity contribution is 0.418. The van der Waals surface area contributed by atoms with E-state index < -0.39 is 0 Å². The first-order valence-electron chi connectivity index (χ1n) is 4.37. The third kappa shape index (κ3) is 6.09. The van der Waals surface area contributed by atoms with Crippen LogP contribution < -0.4 is 5.32 Å². The van der Waals surface area contributed by atoms with E-state index in [1.54, 1.807) is 0 Å². The predicted octanol–water partition coefficient (Wildman–Crippen LogP) is 2.28. The van der Waals surface area contributed by atoms with Crippen LogP contribution in [0, 0.1) is 11.8 Å². The van der Waals surface area contributed by atoms with Crippen molar-refractivity contribution in [3.05, 3.63) is 0 Å². The molecular formula is C9H21N. The molecule has 0 aromatic heterocycles. The van der Waals surface area contributed by atoms with Gasteiger partial charge in [-0.2, -0.15) is 0 Å². The lowest BCUT2D eigenvalue weighted by Gasteiger charge is -2.13. The molecule has 0 radical (unpaired) electrons. The van der Waals surface area contributed by atoms with Crippen molar-refractivity contribution >= 4 is 0 Å². The lowest BCUT2D eigenvalue weighted by Crippen LogP contribution is -2.21. The maximum absolute atomic E-state index is 3.35. The van der Waals surface area contributed by atoms with Crippen molar-refractivity contribution in [1.29, 1.82) is 0 Å². The molecule has 0 aliphatic carbocycles. The second-order valence-corrected chi connectivity index (χ2v) is 3.54. The van der Waals surface area contributed by atoms with Gasteiger partial charge in [0.2, 0.25) is 0 Å². The Labute approximate surface area is 65.2 Å². The molecule has 0 rings (SSSR count). The summed E-state index contributed by atoms with van der Waals surface area (Å²) in [6.45, 7) is 11.3. The Morgan fingerprint density at radius 3 is 2.20 bits per heavy atom. The van der Waals surface area contributed by atoms with E-state index in [-0.39, 0.29) is 0 Å². The van der Waals surface area contributed by atoms with Crippen LogP contribution >= 0.6 is 0 Å². The van der Waals surface area contributed by atoms with E-state index >= 15 is 0 Å². The summed E-state index contributed by atoms with van der Waals surface area (Å²) in [5.74, 6) is 1.67. The summed E-state index contributed by atoms with van der Waals surface area (Å²) < 4.78 is 0. The van der Waals surface area contributed by atoms with Crippen LogP contribution in [0.15, 0.2) is 0 Å². The molecule has 10 heavy (non-hydrogen) atoms. The molecule has 0 unspecified atom stereocenters. The summed E-state index contributed by atoms with van der Waals surface area (Å²) in [7, 11) is 0. The number of hydrogen-bond acceptors (Lipinski definition) is 1. The zero-order chi connectivity index (χ0) is 7.98. The largest absolute Gasteiger partial charge is 0.317 e. The molecule has 0 aliphatic heterocycles. The van der Waals surface area contributed by atoms with Crippen LogP contribution in [-0.4, -0.2) is 13.1 Å². The monoisotopic (exact) mass is 143 g/mol. The predicted molar refractivity (Wildman–Crippen MR) is 47.2 cm³/mol. The van der Waals surface area contributed by atoms with Gasteiger partial charge in [0, 0.05) is 0 Å². The summed E-state index contributed by atoms with van der Waals surface area (Å²) in [5, 5.41) is 3.35. The Bertz CT molecular complexity index is 69.1. The van der Waals surface area contributed by atoms with E-state index in [1.807, 2.05) is 0 Å². The minimum absolute atomic E-state index is 0.833. The maximum atomic E-state index is 3.35. The molecule has 0 saturated heterocycles. The third-order valence-electron chi connectivity index (χ3n) is 1.62. The van der Waals surface area contributed by atoms with Crippen LogP contribution in [-0.2, 0) is 0 Å². The van der Waals surface area contributed by atoms with Crippen LogP contribution in [0.3, 0.4) is 0 Å². The summed E-state index contributed by atoms with van der Waals surface area (Å²) in [6.07, 6.45) is 1.34. The fourth-order valence-corrected chi connectivity index (χ4v) is 1.28. The van der Waals surface area contributed by atoms with Crippen molar-refractivity contribution in [2.45, 2.75) is 34.1 Å². The summed E-state index contributed by atoms with van der Waals surface area (Å²) >= 11 is 0.